The number of hydrogen-bond donors (Lipinski definition) is 0. The van der Waals surface area contributed by atoms with Crippen LogP contribution >= 0.6 is 0 Å². The van der Waals surface area contributed by atoms with E-state index in [2.05, 4.69) is 57.4 Å². The van der Waals surface area contributed by atoms with Gasteiger partial charge < -0.3 is 0 Å². The Morgan fingerprint density at radius 3 is 2.70 bits per heavy atom. The molecule has 0 saturated heterocycles. The van der Waals surface area contributed by atoms with Crippen molar-refractivity contribution in [1.29, 1.82) is 0 Å². The minimum absolute atomic E-state index is 0.991. The summed E-state index contributed by atoms with van der Waals surface area (Å²) in [5.74, 6) is 0. The molecule has 1 aromatic carbocycles. The minimum atomic E-state index is 0.991. The van der Waals surface area contributed by atoms with Crippen LogP contribution in [0.3, 0.4) is 0 Å². The van der Waals surface area contributed by atoms with Crippen LogP contribution in [0.15, 0.2) is 60.2 Å². The molecule has 1 aromatic rings. The topological polar surface area (TPSA) is 0 Å². The Balaban J connectivity index is 2.24. The SMILES string of the molecule is C=Cc1c(C)ccc2c1C(=C)C1=CCC=C(C)C=C1C2. The fourth-order valence-electron chi connectivity index (χ4n) is 3.24. The lowest BCUT2D eigenvalue weighted by Gasteiger charge is -2.26. The largest absolute Gasteiger partial charge is 0.0984 e. The molecule has 20 heavy (non-hydrogen) atoms. The molecule has 3 rings (SSSR count). The molecule has 0 fully saturated rings. The van der Waals surface area contributed by atoms with E-state index in [1.807, 2.05) is 6.08 Å². The van der Waals surface area contributed by atoms with Crippen LogP contribution in [0.4, 0.5) is 0 Å². The minimum Gasteiger partial charge on any atom is -0.0984 e. The van der Waals surface area contributed by atoms with Crippen molar-refractivity contribution in [3.05, 3.63) is 82.5 Å². The second kappa shape index (κ2) is 4.79. The molecular weight excluding hydrogens is 240 g/mol. The summed E-state index contributed by atoms with van der Waals surface area (Å²) < 4.78 is 0. The summed E-state index contributed by atoms with van der Waals surface area (Å²) in [4.78, 5) is 0. The molecule has 0 nitrogen and oxygen atoms in total. The summed E-state index contributed by atoms with van der Waals surface area (Å²) in [6.45, 7) is 12.7. The average molecular weight is 260 g/mol. The molecule has 2 aliphatic carbocycles. The smallest absolute Gasteiger partial charge is 0.00133 e. The lowest BCUT2D eigenvalue weighted by molar-refractivity contribution is 1.11. The van der Waals surface area contributed by atoms with Gasteiger partial charge in [-0.3, -0.25) is 0 Å². The van der Waals surface area contributed by atoms with Crippen molar-refractivity contribution in [2.24, 2.45) is 0 Å². The second-order valence-electron chi connectivity index (χ2n) is 5.66. The number of rotatable bonds is 1. The van der Waals surface area contributed by atoms with Gasteiger partial charge in [0, 0.05) is 0 Å². The Bertz CT molecular complexity index is 706. The van der Waals surface area contributed by atoms with E-state index in [4.69, 9.17) is 0 Å². The van der Waals surface area contributed by atoms with E-state index >= 15 is 0 Å². The van der Waals surface area contributed by atoms with E-state index in [1.54, 1.807) is 0 Å². The van der Waals surface area contributed by atoms with Crippen LogP contribution in [0, 0.1) is 6.92 Å². The van der Waals surface area contributed by atoms with Crippen molar-refractivity contribution in [2.45, 2.75) is 26.7 Å². The number of benzene rings is 1. The fourth-order valence-corrected chi connectivity index (χ4v) is 3.24. The van der Waals surface area contributed by atoms with Crippen LogP contribution in [0.2, 0.25) is 0 Å². The predicted octanol–water partition coefficient (Wildman–Crippen LogP) is 5.41. The molecule has 0 heteroatoms. The normalized spacial score (nSPS) is 17.3. The number of allylic oxidation sites excluding steroid dienone is 7. The zero-order chi connectivity index (χ0) is 14.3. The van der Waals surface area contributed by atoms with E-state index < -0.39 is 0 Å². The molecule has 0 radical (unpaired) electrons. The molecule has 0 aromatic heterocycles. The fraction of sp³-hybridized carbons (Fsp3) is 0.200. The highest BCUT2D eigenvalue weighted by molar-refractivity contribution is 5.91. The van der Waals surface area contributed by atoms with Crippen molar-refractivity contribution < 1.29 is 0 Å². The predicted molar refractivity (Wildman–Crippen MR) is 88.5 cm³/mol. The Hall–Kier alpha value is -2.08. The Morgan fingerprint density at radius 2 is 1.95 bits per heavy atom. The maximum Gasteiger partial charge on any atom is -0.00133 e. The standard InChI is InChI=1S/C20H20/c1-5-18-14(3)9-10-16-12-17-11-13(2)7-6-8-19(17)15(4)20(16)18/h5,7-11H,1,4,6,12H2,2-3H3. The summed E-state index contributed by atoms with van der Waals surface area (Å²) >= 11 is 0. The molecule has 0 spiro atoms. The van der Waals surface area contributed by atoms with Gasteiger partial charge >= 0.3 is 0 Å². The molecule has 0 bridgehead atoms. The maximum atomic E-state index is 4.38. The Morgan fingerprint density at radius 1 is 1.15 bits per heavy atom. The van der Waals surface area contributed by atoms with E-state index in [0.29, 0.717) is 0 Å². The monoisotopic (exact) mass is 260 g/mol. The number of aryl methyl sites for hydroxylation is 1. The van der Waals surface area contributed by atoms with Crippen LogP contribution in [-0.2, 0) is 6.42 Å². The Kier molecular flexibility index (Phi) is 3.10. The Labute approximate surface area is 121 Å². The molecule has 0 N–H and O–H groups in total. The van der Waals surface area contributed by atoms with Crippen molar-refractivity contribution in [3.63, 3.8) is 0 Å². The van der Waals surface area contributed by atoms with Crippen LogP contribution < -0.4 is 0 Å². The summed E-state index contributed by atoms with van der Waals surface area (Å²) in [5, 5.41) is 0. The van der Waals surface area contributed by atoms with Crippen LogP contribution in [0.5, 0.6) is 0 Å². The zero-order valence-electron chi connectivity index (χ0n) is 12.3. The van der Waals surface area contributed by atoms with Gasteiger partial charge in [0.2, 0.25) is 0 Å². The van der Waals surface area contributed by atoms with Crippen LogP contribution in [0.1, 0.15) is 35.6 Å². The highest BCUT2D eigenvalue weighted by Crippen LogP contribution is 2.41. The third-order valence-electron chi connectivity index (χ3n) is 4.27. The lowest BCUT2D eigenvalue weighted by Crippen LogP contribution is -2.10. The van der Waals surface area contributed by atoms with Gasteiger partial charge in [-0.2, -0.15) is 0 Å². The molecule has 0 atom stereocenters. The van der Waals surface area contributed by atoms with Crippen molar-refractivity contribution in [1.82, 2.24) is 0 Å². The first-order valence-corrected chi connectivity index (χ1v) is 7.14. The first-order valence-electron chi connectivity index (χ1n) is 7.14. The third kappa shape index (κ3) is 1.92. The molecule has 0 aliphatic heterocycles. The van der Waals surface area contributed by atoms with Crippen molar-refractivity contribution >= 4 is 11.6 Å². The first kappa shape index (κ1) is 12.9. The van der Waals surface area contributed by atoms with Gasteiger partial charge in [-0.1, -0.05) is 55.2 Å². The van der Waals surface area contributed by atoms with E-state index in [0.717, 1.165) is 18.4 Å². The average Bonchev–Trinajstić information content (AvgIpc) is 2.61. The van der Waals surface area contributed by atoms with Gasteiger partial charge in [-0.05, 0) is 65.7 Å². The van der Waals surface area contributed by atoms with Crippen molar-refractivity contribution in [3.8, 4) is 0 Å². The van der Waals surface area contributed by atoms with Gasteiger partial charge in [0.05, 0.1) is 0 Å². The third-order valence-corrected chi connectivity index (χ3v) is 4.27. The molecule has 0 unspecified atom stereocenters. The molecule has 0 heterocycles. The van der Waals surface area contributed by atoms with Crippen LogP contribution in [-0.4, -0.2) is 0 Å². The number of fused-ring (bicyclic) bond motifs is 2. The summed E-state index contributed by atoms with van der Waals surface area (Å²) in [7, 11) is 0. The van der Waals surface area contributed by atoms with E-state index in [1.165, 1.54) is 39.0 Å². The second-order valence-corrected chi connectivity index (χ2v) is 5.66. The molecule has 2 aliphatic rings. The first-order chi connectivity index (χ1) is 9.61. The summed E-state index contributed by atoms with van der Waals surface area (Å²) in [6.07, 6.45) is 10.8. The molecular formula is C20H20. The van der Waals surface area contributed by atoms with Crippen molar-refractivity contribution in [2.75, 3.05) is 0 Å². The number of hydrogen-bond acceptors (Lipinski definition) is 0. The summed E-state index contributed by atoms with van der Waals surface area (Å²) in [6, 6.07) is 4.43. The zero-order valence-corrected chi connectivity index (χ0v) is 12.3. The van der Waals surface area contributed by atoms with E-state index in [9.17, 15) is 0 Å². The van der Waals surface area contributed by atoms with Crippen LogP contribution in [0.25, 0.3) is 11.6 Å². The van der Waals surface area contributed by atoms with Gasteiger partial charge in [0.1, 0.15) is 0 Å². The summed E-state index contributed by atoms with van der Waals surface area (Å²) in [5.41, 5.74) is 10.4. The van der Waals surface area contributed by atoms with Gasteiger partial charge in [-0.25, -0.2) is 0 Å². The van der Waals surface area contributed by atoms with Gasteiger partial charge in [-0.15, -0.1) is 0 Å². The molecule has 0 amide bonds. The lowest BCUT2D eigenvalue weighted by atomic mass is 9.77. The highest BCUT2D eigenvalue weighted by atomic mass is 14.3. The molecule has 0 saturated carbocycles. The molecule has 100 valence electrons. The quantitative estimate of drug-likeness (QED) is 0.633. The van der Waals surface area contributed by atoms with Gasteiger partial charge in [0.25, 0.3) is 0 Å². The van der Waals surface area contributed by atoms with Gasteiger partial charge in [0.15, 0.2) is 0 Å². The van der Waals surface area contributed by atoms with E-state index in [-0.39, 0.29) is 0 Å². The highest BCUT2D eigenvalue weighted by Gasteiger charge is 2.24. The maximum absolute atomic E-state index is 4.38.